The first kappa shape index (κ1) is 26.0. The van der Waals surface area contributed by atoms with Gasteiger partial charge < -0.3 is 15.2 Å². The fourth-order valence-electron chi connectivity index (χ4n) is 3.20. The smallest absolute Gasteiger partial charge is 0.251 e. The van der Waals surface area contributed by atoms with Crippen molar-refractivity contribution in [3.63, 3.8) is 0 Å². The summed E-state index contributed by atoms with van der Waals surface area (Å²) in [7, 11) is 0. The number of thioether (sulfide) groups is 1. The second kappa shape index (κ2) is 12.2. The largest absolute Gasteiger partial charge is 0.345 e. The van der Waals surface area contributed by atoms with Crippen molar-refractivity contribution in [3.05, 3.63) is 81.6 Å². The van der Waals surface area contributed by atoms with Gasteiger partial charge in [-0.2, -0.15) is 0 Å². The van der Waals surface area contributed by atoms with Crippen LogP contribution < -0.4 is 10.6 Å². The minimum Gasteiger partial charge on any atom is -0.345 e. The Morgan fingerprint density at radius 3 is 2.74 bits per heavy atom. The average molecular weight is 563 g/mol. The van der Waals surface area contributed by atoms with E-state index in [1.807, 2.05) is 22.8 Å². The van der Waals surface area contributed by atoms with Gasteiger partial charge in [0.25, 0.3) is 5.91 Å². The topological polar surface area (TPSA) is 88.9 Å². The van der Waals surface area contributed by atoms with Crippen molar-refractivity contribution in [1.82, 2.24) is 20.1 Å². The van der Waals surface area contributed by atoms with Crippen LogP contribution in [0.2, 0.25) is 5.02 Å². The van der Waals surface area contributed by atoms with Crippen LogP contribution in [0, 0.1) is 0 Å². The summed E-state index contributed by atoms with van der Waals surface area (Å²) >= 11 is 10.7. The molecule has 34 heavy (non-hydrogen) atoms. The molecule has 0 bridgehead atoms. The van der Waals surface area contributed by atoms with Crippen LogP contribution in [0.25, 0.3) is 0 Å². The number of carbonyl (C=O) groups is 2. The highest BCUT2D eigenvalue weighted by atomic mass is 79.9. The molecule has 1 heterocycles. The summed E-state index contributed by atoms with van der Waals surface area (Å²) in [5.74, 6) is 0.587. The molecule has 10 heteroatoms. The summed E-state index contributed by atoms with van der Waals surface area (Å²) in [5.41, 5.74) is 2.31. The standard InChI is InChI=1S/C24H25BrClN5O2S/c1-4-10-31-21(13-27-23(33)16-6-5-7-18(26)11-16)29-30-24(31)34-14-22(32)28-20-9-8-17(25)12-19(20)15(2)3/h4-9,11-12,15H,1,10,13-14H2,2-3H3,(H,27,33)(H,28,32). The van der Waals surface area contributed by atoms with Crippen LogP contribution in [-0.2, 0) is 17.9 Å². The molecule has 0 fully saturated rings. The van der Waals surface area contributed by atoms with Crippen LogP contribution in [0.15, 0.2) is 64.7 Å². The number of nitrogens with zero attached hydrogens (tertiary/aromatic N) is 3. The van der Waals surface area contributed by atoms with Gasteiger partial charge in [0.1, 0.15) is 0 Å². The van der Waals surface area contributed by atoms with Crippen molar-refractivity contribution in [2.24, 2.45) is 0 Å². The Kier molecular flexibility index (Phi) is 9.32. The van der Waals surface area contributed by atoms with Crippen LogP contribution >= 0.6 is 39.3 Å². The van der Waals surface area contributed by atoms with Crippen molar-refractivity contribution in [1.29, 1.82) is 0 Å². The Labute approximate surface area is 216 Å². The molecule has 0 atom stereocenters. The lowest BCUT2D eigenvalue weighted by Crippen LogP contribution is -2.24. The quantitative estimate of drug-likeness (QED) is 0.246. The van der Waals surface area contributed by atoms with Gasteiger partial charge in [0.2, 0.25) is 5.91 Å². The Bertz CT molecular complexity index is 1200. The second-order valence-electron chi connectivity index (χ2n) is 7.71. The van der Waals surface area contributed by atoms with Crippen LogP contribution in [-0.4, -0.2) is 32.3 Å². The first-order valence-corrected chi connectivity index (χ1v) is 12.7. The molecule has 2 aromatic carbocycles. The van der Waals surface area contributed by atoms with Gasteiger partial charge in [-0.15, -0.1) is 16.8 Å². The molecule has 3 aromatic rings. The zero-order valence-electron chi connectivity index (χ0n) is 18.8. The zero-order chi connectivity index (χ0) is 24.7. The van der Waals surface area contributed by atoms with Crippen molar-refractivity contribution in [3.8, 4) is 0 Å². The molecular formula is C24H25BrClN5O2S. The number of nitrogens with one attached hydrogen (secondary N) is 2. The lowest BCUT2D eigenvalue weighted by Gasteiger charge is -2.14. The van der Waals surface area contributed by atoms with Gasteiger partial charge in [0.05, 0.1) is 12.3 Å². The van der Waals surface area contributed by atoms with Crippen LogP contribution in [0.4, 0.5) is 5.69 Å². The lowest BCUT2D eigenvalue weighted by atomic mass is 10.0. The van der Waals surface area contributed by atoms with E-state index in [1.54, 1.807) is 30.3 Å². The Hall–Kier alpha value is -2.62. The highest BCUT2D eigenvalue weighted by Crippen LogP contribution is 2.28. The minimum absolute atomic E-state index is 0.141. The number of benzene rings is 2. The lowest BCUT2D eigenvalue weighted by molar-refractivity contribution is -0.113. The van der Waals surface area contributed by atoms with Gasteiger partial charge in [-0.1, -0.05) is 65.3 Å². The third kappa shape index (κ3) is 6.94. The number of halogens is 2. The summed E-state index contributed by atoms with van der Waals surface area (Å²) in [6.45, 7) is 8.57. The minimum atomic E-state index is -0.264. The molecule has 2 amide bonds. The van der Waals surface area contributed by atoms with E-state index in [2.05, 4.69) is 57.2 Å². The van der Waals surface area contributed by atoms with E-state index in [0.717, 1.165) is 15.7 Å². The number of hydrogen-bond acceptors (Lipinski definition) is 5. The summed E-state index contributed by atoms with van der Waals surface area (Å²) in [4.78, 5) is 25.1. The number of amides is 2. The van der Waals surface area contributed by atoms with Gasteiger partial charge in [-0.3, -0.25) is 9.59 Å². The number of allylic oxidation sites excluding steroid dienone is 1. The number of carbonyl (C=O) groups excluding carboxylic acids is 2. The molecule has 0 unspecified atom stereocenters. The normalized spacial score (nSPS) is 10.9. The maximum atomic E-state index is 12.6. The summed E-state index contributed by atoms with van der Waals surface area (Å²) in [6, 6.07) is 12.5. The van der Waals surface area contributed by atoms with E-state index < -0.39 is 0 Å². The Morgan fingerprint density at radius 2 is 2.03 bits per heavy atom. The number of anilines is 1. The predicted molar refractivity (Wildman–Crippen MR) is 140 cm³/mol. The molecule has 1 aromatic heterocycles. The number of hydrogen-bond donors (Lipinski definition) is 2. The molecule has 7 nitrogen and oxygen atoms in total. The second-order valence-corrected chi connectivity index (χ2v) is 10.0. The SMILES string of the molecule is C=CCn1c(CNC(=O)c2cccc(Cl)c2)nnc1SCC(=O)Nc1ccc(Br)cc1C(C)C. The molecule has 2 N–H and O–H groups in total. The van der Waals surface area contributed by atoms with Gasteiger partial charge in [0, 0.05) is 27.3 Å². The Morgan fingerprint density at radius 1 is 1.24 bits per heavy atom. The fraction of sp³-hybridized carbons (Fsp3) is 0.250. The third-order valence-electron chi connectivity index (χ3n) is 4.84. The Balaban J connectivity index is 1.64. The van der Waals surface area contributed by atoms with Crippen molar-refractivity contribution >= 4 is 56.8 Å². The van der Waals surface area contributed by atoms with Gasteiger partial charge in [-0.25, -0.2) is 0 Å². The molecule has 0 aliphatic rings. The summed E-state index contributed by atoms with van der Waals surface area (Å²) in [6.07, 6.45) is 1.71. The van der Waals surface area contributed by atoms with Crippen LogP contribution in [0.3, 0.4) is 0 Å². The summed E-state index contributed by atoms with van der Waals surface area (Å²) < 4.78 is 2.79. The van der Waals surface area contributed by atoms with E-state index in [-0.39, 0.29) is 30.0 Å². The molecule has 0 spiro atoms. The van der Waals surface area contributed by atoms with Gasteiger partial charge in [0.15, 0.2) is 11.0 Å². The third-order valence-corrected chi connectivity index (χ3v) is 6.54. The molecular weight excluding hydrogens is 538 g/mol. The predicted octanol–water partition coefficient (Wildman–Crippen LogP) is 5.66. The fourth-order valence-corrected chi connectivity index (χ4v) is 4.54. The zero-order valence-corrected chi connectivity index (χ0v) is 22.0. The molecule has 0 radical (unpaired) electrons. The average Bonchev–Trinajstić information content (AvgIpc) is 3.18. The number of aromatic nitrogens is 3. The molecule has 0 aliphatic heterocycles. The van der Waals surface area contributed by atoms with E-state index in [1.165, 1.54) is 11.8 Å². The molecule has 0 aliphatic carbocycles. The van der Waals surface area contributed by atoms with E-state index >= 15 is 0 Å². The maximum absolute atomic E-state index is 12.6. The molecule has 0 saturated heterocycles. The van der Waals surface area contributed by atoms with Crippen LogP contribution in [0.1, 0.15) is 41.5 Å². The molecule has 178 valence electrons. The van der Waals surface area contributed by atoms with Gasteiger partial charge in [-0.05, 0) is 47.9 Å². The van der Waals surface area contributed by atoms with Crippen molar-refractivity contribution in [2.45, 2.75) is 38.0 Å². The monoisotopic (exact) mass is 561 g/mol. The highest BCUT2D eigenvalue weighted by Gasteiger charge is 2.16. The van der Waals surface area contributed by atoms with Crippen molar-refractivity contribution < 1.29 is 9.59 Å². The van der Waals surface area contributed by atoms with Crippen molar-refractivity contribution in [2.75, 3.05) is 11.1 Å². The van der Waals surface area contributed by atoms with E-state index in [0.29, 0.717) is 28.1 Å². The van der Waals surface area contributed by atoms with E-state index in [4.69, 9.17) is 11.6 Å². The van der Waals surface area contributed by atoms with Gasteiger partial charge >= 0.3 is 0 Å². The van der Waals surface area contributed by atoms with E-state index in [9.17, 15) is 9.59 Å². The summed E-state index contributed by atoms with van der Waals surface area (Å²) in [5, 5.41) is 15.3. The first-order valence-electron chi connectivity index (χ1n) is 10.6. The first-order chi connectivity index (χ1) is 16.3. The highest BCUT2D eigenvalue weighted by molar-refractivity contribution is 9.10. The number of rotatable bonds is 10. The molecule has 3 rings (SSSR count). The van der Waals surface area contributed by atoms with Crippen LogP contribution in [0.5, 0.6) is 0 Å². The molecule has 0 saturated carbocycles. The maximum Gasteiger partial charge on any atom is 0.251 e.